The van der Waals surface area contributed by atoms with Gasteiger partial charge < -0.3 is 0 Å². The van der Waals surface area contributed by atoms with Crippen LogP contribution in [0.4, 0.5) is 12.7 Å². The first kappa shape index (κ1) is 10.0. The van der Waals surface area contributed by atoms with Gasteiger partial charge in [-0.05, 0) is 6.07 Å². The van der Waals surface area contributed by atoms with Crippen molar-refractivity contribution in [2.24, 2.45) is 0 Å². The van der Waals surface area contributed by atoms with E-state index in [0.717, 1.165) is 12.1 Å². The van der Waals surface area contributed by atoms with Crippen LogP contribution in [-0.4, -0.2) is 8.42 Å². The molecule has 0 aromatic heterocycles. The average molecular weight is 210 g/mol. The molecule has 0 aliphatic heterocycles. The van der Waals surface area contributed by atoms with E-state index in [1.807, 2.05) is 0 Å². The van der Waals surface area contributed by atoms with E-state index in [0.29, 0.717) is 0 Å². The zero-order valence-electron chi connectivity index (χ0n) is 6.25. The largest absolute Gasteiger partial charge is 0.332 e. The molecule has 0 saturated heterocycles. The highest BCUT2D eigenvalue weighted by molar-refractivity contribution is 7.86. The summed E-state index contributed by atoms with van der Waals surface area (Å²) in [5, 5.41) is 0. The summed E-state index contributed by atoms with van der Waals surface area (Å²) < 4.78 is 57.4. The zero-order valence-corrected chi connectivity index (χ0v) is 7.06. The Balaban J connectivity index is 3.37. The fraction of sp³-hybridized carbons (Fsp3) is 0.143. The zero-order chi connectivity index (χ0) is 10.1. The van der Waals surface area contributed by atoms with Crippen molar-refractivity contribution in [2.75, 3.05) is 0 Å². The van der Waals surface area contributed by atoms with Gasteiger partial charge in [0.25, 0.3) is 6.43 Å². The molecule has 0 unspecified atom stereocenters. The molecule has 2 nitrogen and oxygen atoms in total. The Labute approximate surface area is 73.2 Å². The van der Waals surface area contributed by atoms with E-state index >= 15 is 0 Å². The number of hydrogen-bond donors (Lipinski definition) is 0. The van der Waals surface area contributed by atoms with Crippen LogP contribution in [0.2, 0.25) is 0 Å². The van der Waals surface area contributed by atoms with E-state index in [9.17, 15) is 21.1 Å². The minimum atomic E-state index is -5.06. The number of alkyl halides is 2. The van der Waals surface area contributed by atoms with E-state index in [2.05, 4.69) is 0 Å². The topological polar surface area (TPSA) is 34.1 Å². The molecule has 0 amide bonds. The minimum absolute atomic E-state index is 0.802. The predicted octanol–water partition coefficient (Wildman–Crippen LogP) is 2.28. The maximum absolute atomic E-state index is 12.4. The van der Waals surface area contributed by atoms with Crippen molar-refractivity contribution >= 4 is 10.2 Å². The third-order valence-electron chi connectivity index (χ3n) is 1.42. The lowest BCUT2D eigenvalue weighted by Crippen LogP contribution is -1.98. The number of benzene rings is 1. The van der Waals surface area contributed by atoms with Gasteiger partial charge in [-0.25, -0.2) is 8.78 Å². The van der Waals surface area contributed by atoms with Crippen LogP contribution in [0.15, 0.2) is 29.2 Å². The average Bonchev–Trinajstić information content (AvgIpc) is 2.03. The SMILES string of the molecule is O=S(=O)(F)c1ccccc1C(F)F. The van der Waals surface area contributed by atoms with Gasteiger partial charge in [0, 0.05) is 5.56 Å². The monoisotopic (exact) mass is 210 g/mol. The normalized spacial score (nSPS) is 12.0. The predicted molar refractivity (Wildman–Crippen MR) is 39.7 cm³/mol. The van der Waals surface area contributed by atoms with Gasteiger partial charge in [-0.1, -0.05) is 18.2 Å². The Hall–Kier alpha value is -1.04. The molecule has 0 spiro atoms. The van der Waals surface area contributed by atoms with E-state index in [-0.39, 0.29) is 0 Å². The summed E-state index contributed by atoms with van der Waals surface area (Å²) in [6.45, 7) is 0. The molecule has 0 fully saturated rings. The molecule has 0 saturated carbocycles. The van der Waals surface area contributed by atoms with Crippen molar-refractivity contribution in [1.29, 1.82) is 0 Å². The highest BCUT2D eigenvalue weighted by atomic mass is 32.3. The van der Waals surface area contributed by atoms with Crippen molar-refractivity contribution < 1.29 is 21.1 Å². The highest BCUT2D eigenvalue weighted by Crippen LogP contribution is 2.26. The van der Waals surface area contributed by atoms with Crippen LogP contribution in [0.5, 0.6) is 0 Å². The van der Waals surface area contributed by atoms with Gasteiger partial charge in [0.05, 0.1) is 0 Å². The van der Waals surface area contributed by atoms with Gasteiger partial charge in [0.2, 0.25) is 0 Å². The van der Waals surface area contributed by atoms with Crippen molar-refractivity contribution in [1.82, 2.24) is 0 Å². The number of hydrogen-bond acceptors (Lipinski definition) is 2. The molecule has 6 heteroatoms. The Morgan fingerprint density at radius 3 is 2.08 bits per heavy atom. The summed E-state index contributed by atoms with van der Waals surface area (Å²) in [6.07, 6.45) is -3.00. The third kappa shape index (κ3) is 2.21. The van der Waals surface area contributed by atoms with E-state index in [4.69, 9.17) is 0 Å². The summed E-state index contributed by atoms with van der Waals surface area (Å²) in [6, 6.07) is 4.07. The van der Waals surface area contributed by atoms with Crippen molar-refractivity contribution in [3.63, 3.8) is 0 Å². The maximum Gasteiger partial charge on any atom is 0.332 e. The lowest BCUT2D eigenvalue weighted by Gasteiger charge is -2.03. The Bertz CT molecular complexity index is 400. The molecule has 0 radical (unpaired) electrons. The summed E-state index contributed by atoms with van der Waals surface area (Å²) in [4.78, 5) is -0.968. The smallest absolute Gasteiger partial charge is 0.205 e. The maximum atomic E-state index is 12.4. The van der Waals surface area contributed by atoms with Crippen molar-refractivity contribution in [2.45, 2.75) is 11.3 Å². The van der Waals surface area contributed by atoms with Gasteiger partial charge in [-0.15, -0.1) is 3.89 Å². The van der Waals surface area contributed by atoms with Gasteiger partial charge in [-0.2, -0.15) is 8.42 Å². The summed E-state index contributed by atoms with van der Waals surface area (Å²) >= 11 is 0. The van der Waals surface area contributed by atoms with E-state index in [1.165, 1.54) is 12.1 Å². The van der Waals surface area contributed by atoms with Crippen molar-refractivity contribution in [3.8, 4) is 0 Å². The second kappa shape index (κ2) is 3.37. The lowest BCUT2D eigenvalue weighted by atomic mass is 10.2. The molecule has 0 heterocycles. The molecule has 1 aromatic rings. The van der Waals surface area contributed by atoms with Gasteiger partial charge >= 0.3 is 10.2 Å². The summed E-state index contributed by atoms with van der Waals surface area (Å²) in [7, 11) is -5.06. The van der Waals surface area contributed by atoms with Gasteiger partial charge in [0.15, 0.2) is 0 Å². The van der Waals surface area contributed by atoms with Gasteiger partial charge in [-0.3, -0.25) is 0 Å². The Morgan fingerprint density at radius 2 is 1.69 bits per heavy atom. The van der Waals surface area contributed by atoms with E-state index < -0.39 is 27.1 Å². The van der Waals surface area contributed by atoms with Crippen LogP contribution in [-0.2, 0) is 10.2 Å². The Kier molecular flexibility index (Phi) is 2.60. The van der Waals surface area contributed by atoms with Crippen LogP contribution >= 0.6 is 0 Å². The van der Waals surface area contributed by atoms with Gasteiger partial charge in [0.1, 0.15) is 4.90 Å². The molecule has 0 N–H and O–H groups in total. The first-order valence-electron chi connectivity index (χ1n) is 3.24. The van der Waals surface area contributed by atoms with E-state index in [1.54, 1.807) is 0 Å². The number of halogens is 3. The van der Waals surface area contributed by atoms with Crippen LogP contribution in [0.3, 0.4) is 0 Å². The molecule has 0 aliphatic rings. The molecule has 1 rings (SSSR count). The summed E-state index contributed by atoms with van der Waals surface area (Å²) in [5.74, 6) is 0. The van der Waals surface area contributed by atoms with Crippen LogP contribution < -0.4 is 0 Å². The summed E-state index contributed by atoms with van der Waals surface area (Å²) in [5.41, 5.74) is -0.815. The number of rotatable bonds is 2. The molecule has 13 heavy (non-hydrogen) atoms. The first-order valence-corrected chi connectivity index (χ1v) is 4.63. The Morgan fingerprint density at radius 1 is 1.15 bits per heavy atom. The second-order valence-corrected chi connectivity index (χ2v) is 3.59. The fourth-order valence-corrected chi connectivity index (χ4v) is 1.56. The fourth-order valence-electron chi connectivity index (χ4n) is 0.883. The third-order valence-corrected chi connectivity index (χ3v) is 2.31. The molecule has 0 bridgehead atoms. The standard InChI is InChI=1S/C7H5F3O2S/c8-7(9)5-3-1-2-4-6(5)13(10,11)12/h1-4,7H. The minimum Gasteiger partial charge on any atom is -0.205 e. The second-order valence-electron chi connectivity index (χ2n) is 2.28. The quantitative estimate of drug-likeness (QED) is 0.702. The molecule has 1 aromatic carbocycles. The van der Waals surface area contributed by atoms with Crippen LogP contribution in [0, 0.1) is 0 Å². The molecule has 72 valence electrons. The lowest BCUT2D eigenvalue weighted by molar-refractivity contribution is 0.148. The first-order chi connectivity index (χ1) is 5.93. The van der Waals surface area contributed by atoms with Crippen LogP contribution in [0.25, 0.3) is 0 Å². The highest BCUT2D eigenvalue weighted by Gasteiger charge is 2.21. The molecular weight excluding hydrogens is 205 g/mol. The van der Waals surface area contributed by atoms with Crippen molar-refractivity contribution in [3.05, 3.63) is 29.8 Å². The molecule has 0 atom stereocenters. The molecular formula is C7H5F3O2S. The van der Waals surface area contributed by atoms with Crippen LogP contribution in [0.1, 0.15) is 12.0 Å². The molecule has 0 aliphatic carbocycles.